The van der Waals surface area contributed by atoms with E-state index in [1.54, 1.807) is 12.4 Å². The van der Waals surface area contributed by atoms with E-state index < -0.39 is 0 Å². The lowest BCUT2D eigenvalue weighted by Crippen LogP contribution is -2.17. The van der Waals surface area contributed by atoms with Crippen LogP contribution in [0.3, 0.4) is 0 Å². The molecule has 2 aromatic rings. The average Bonchev–Trinajstić information content (AvgIpc) is 2.47. The zero-order valence-electron chi connectivity index (χ0n) is 9.84. The summed E-state index contributed by atoms with van der Waals surface area (Å²) in [5.41, 5.74) is 2.11. The van der Waals surface area contributed by atoms with Gasteiger partial charge in [-0.25, -0.2) is 9.97 Å². The molecule has 0 aliphatic carbocycles. The van der Waals surface area contributed by atoms with E-state index in [2.05, 4.69) is 16.0 Å². The lowest BCUT2D eigenvalue weighted by molar-refractivity contribution is 0.274. The molecule has 1 aliphatic heterocycles. The van der Waals surface area contributed by atoms with Crippen molar-refractivity contribution in [1.82, 2.24) is 9.97 Å². The summed E-state index contributed by atoms with van der Waals surface area (Å²) in [4.78, 5) is 8.84. The molecule has 4 heteroatoms. The predicted molar refractivity (Wildman–Crippen MR) is 70.0 cm³/mol. The fourth-order valence-electron chi connectivity index (χ4n) is 2.22. The normalized spacial score (nSPS) is 17.9. The van der Waals surface area contributed by atoms with E-state index in [-0.39, 0.29) is 5.92 Å². The Hall–Kier alpha value is -1.61. The number of rotatable bonds is 2. The number of alkyl halides is 1. The molecule has 1 unspecified atom stereocenters. The van der Waals surface area contributed by atoms with Crippen molar-refractivity contribution in [2.45, 2.75) is 18.2 Å². The second-order valence-corrected chi connectivity index (χ2v) is 4.58. The van der Waals surface area contributed by atoms with Crippen LogP contribution >= 0.6 is 11.6 Å². The largest absolute Gasteiger partial charge is 0.493 e. The van der Waals surface area contributed by atoms with Gasteiger partial charge in [-0.3, -0.25) is 0 Å². The summed E-state index contributed by atoms with van der Waals surface area (Å²) in [6.45, 7) is 0.711. The summed E-state index contributed by atoms with van der Waals surface area (Å²) in [6, 6.07) is 8.08. The van der Waals surface area contributed by atoms with Crippen LogP contribution in [0.4, 0.5) is 0 Å². The van der Waals surface area contributed by atoms with Gasteiger partial charge in [-0.15, -0.1) is 11.6 Å². The molecule has 1 aromatic carbocycles. The van der Waals surface area contributed by atoms with Crippen LogP contribution in [0.25, 0.3) is 0 Å². The van der Waals surface area contributed by atoms with Gasteiger partial charge in [0.15, 0.2) is 0 Å². The number of aromatic nitrogens is 2. The lowest BCUT2D eigenvalue weighted by Gasteiger charge is -2.24. The third kappa shape index (κ3) is 2.06. The van der Waals surface area contributed by atoms with Crippen LogP contribution in [0.15, 0.2) is 36.7 Å². The number of hydrogen-bond acceptors (Lipinski definition) is 3. The van der Waals surface area contributed by atoms with Crippen LogP contribution in [0.2, 0.25) is 0 Å². The van der Waals surface area contributed by atoms with Gasteiger partial charge >= 0.3 is 0 Å². The quantitative estimate of drug-likeness (QED) is 0.778. The number of ether oxygens (including phenoxy) is 1. The van der Waals surface area contributed by atoms with Crippen molar-refractivity contribution in [2.24, 2.45) is 0 Å². The molecule has 2 heterocycles. The van der Waals surface area contributed by atoms with Crippen LogP contribution in [0.1, 0.15) is 29.3 Å². The number of benzene rings is 1. The van der Waals surface area contributed by atoms with Gasteiger partial charge in [-0.05, 0) is 12.5 Å². The number of nitrogens with zero attached hydrogens (tertiary/aromatic N) is 2. The molecule has 3 nitrogen and oxygen atoms in total. The van der Waals surface area contributed by atoms with Gasteiger partial charge in [0.2, 0.25) is 0 Å². The highest BCUT2D eigenvalue weighted by Gasteiger charge is 2.24. The Bertz CT molecular complexity index is 542. The Morgan fingerprint density at radius 3 is 2.78 bits per heavy atom. The number of para-hydroxylation sites is 1. The summed E-state index contributed by atoms with van der Waals surface area (Å²) in [7, 11) is 0. The topological polar surface area (TPSA) is 35.0 Å². The highest BCUT2D eigenvalue weighted by Crippen LogP contribution is 2.36. The van der Waals surface area contributed by atoms with Crippen molar-refractivity contribution in [3.63, 3.8) is 0 Å². The van der Waals surface area contributed by atoms with Gasteiger partial charge < -0.3 is 4.74 Å². The lowest BCUT2D eigenvalue weighted by atomic mass is 9.92. The molecule has 0 N–H and O–H groups in total. The van der Waals surface area contributed by atoms with Gasteiger partial charge in [-0.1, -0.05) is 18.2 Å². The third-order valence-corrected chi connectivity index (χ3v) is 3.46. The summed E-state index contributed by atoms with van der Waals surface area (Å²) in [6.07, 6.45) is 4.51. The van der Waals surface area contributed by atoms with Crippen molar-refractivity contribution in [3.05, 3.63) is 53.6 Å². The first-order valence-electron chi connectivity index (χ1n) is 5.97. The van der Waals surface area contributed by atoms with Gasteiger partial charge in [0.25, 0.3) is 0 Å². The molecular weight excluding hydrogens is 248 g/mol. The zero-order chi connectivity index (χ0) is 12.4. The summed E-state index contributed by atoms with van der Waals surface area (Å²) >= 11 is 5.75. The fourth-order valence-corrected chi connectivity index (χ4v) is 2.36. The fraction of sp³-hybridized carbons (Fsp3) is 0.286. The molecule has 0 fully saturated rings. The number of halogens is 1. The molecule has 0 amide bonds. The van der Waals surface area contributed by atoms with E-state index in [9.17, 15) is 0 Å². The molecule has 3 rings (SSSR count). The zero-order valence-corrected chi connectivity index (χ0v) is 10.6. The van der Waals surface area contributed by atoms with E-state index in [4.69, 9.17) is 16.3 Å². The van der Waals surface area contributed by atoms with Crippen molar-refractivity contribution in [3.8, 4) is 5.75 Å². The molecule has 92 valence electrons. The van der Waals surface area contributed by atoms with E-state index in [0.717, 1.165) is 23.6 Å². The standard InChI is InChI=1S/C14H13ClN2O/c15-7-10-8-16-14(17-9-10)12-5-6-18-13-4-2-1-3-11(12)13/h1-4,8-9,12H,5-7H2. The summed E-state index contributed by atoms with van der Waals surface area (Å²) in [5, 5.41) is 0. The predicted octanol–water partition coefficient (Wildman–Crippen LogP) is 3.13. The Balaban J connectivity index is 1.97. The highest BCUT2D eigenvalue weighted by molar-refractivity contribution is 6.17. The summed E-state index contributed by atoms with van der Waals surface area (Å²) in [5.74, 6) is 2.46. The second kappa shape index (κ2) is 4.94. The minimum atomic E-state index is 0.222. The highest BCUT2D eigenvalue weighted by atomic mass is 35.5. The van der Waals surface area contributed by atoms with Crippen molar-refractivity contribution in [2.75, 3.05) is 6.61 Å². The van der Waals surface area contributed by atoms with Crippen molar-refractivity contribution < 1.29 is 4.74 Å². The maximum absolute atomic E-state index is 5.75. The van der Waals surface area contributed by atoms with Crippen molar-refractivity contribution >= 4 is 11.6 Å². The molecule has 0 saturated carbocycles. The maximum atomic E-state index is 5.75. The minimum absolute atomic E-state index is 0.222. The molecule has 1 aromatic heterocycles. The van der Waals surface area contributed by atoms with Gasteiger partial charge in [0.05, 0.1) is 18.4 Å². The molecule has 0 spiro atoms. The van der Waals surface area contributed by atoms with E-state index >= 15 is 0 Å². The maximum Gasteiger partial charge on any atom is 0.135 e. The smallest absolute Gasteiger partial charge is 0.135 e. The molecule has 18 heavy (non-hydrogen) atoms. The third-order valence-electron chi connectivity index (χ3n) is 3.15. The van der Waals surface area contributed by atoms with Gasteiger partial charge in [0, 0.05) is 23.5 Å². The molecule has 0 bridgehead atoms. The molecular formula is C14H13ClN2O. The minimum Gasteiger partial charge on any atom is -0.493 e. The summed E-state index contributed by atoms with van der Waals surface area (Å²) < 4.78 is 5.64. The Morgan fingerprint density at radius 2 is 2.00 bits per heavy atom. The average molecular weight is 261 g/mol. The Morgan fingerprint density at radius 1 is 1.22 bits per heavy atom. The number of fused-ring (bicyclic) bond motifs is 1. The van der Waals surface area contributed by atoms with E-state index in [1.165, 1.54) is 5.56 Å². The number of hydrogen-bond donors (Lipinski definition) is 0. The second-order valence-electron chi connectivity index (χ2n) is 4.31. The van der Waals surface area contributed by atoms with E-state index in [1.807, 2.05) is 18.2 Å². The first-order valence-corrected chi connectivity index (χ1v) is 6.50. The first-order chi connectivity index (χ1) is 8.88. The van der Waals surface area contributed by atoms with Gasteiger partial charge in [0.1, 0.15) is 11.6 Å². The Labute approximate surface area is 111 Å². The molecule has 0 radical (unpaired) electrons. The van der Waals surface area contributed by atoms with Crippen LogP contribution in [0.5, 0.6) is 5.75 Å². The van der Waals surface area contributed by atoms with Crippen LogP contribution in [-0.4, -0.2) is 16.6 Å². The van der Waals surface area contributed by atoms with Gasteiger partial charge in [-0.2, -0.15) is 0 Å². The molecule has 1 aliphatic rings. The van der Waals surface area contributed by atoms with E-state index in [0.29, 0.717) is 12.5 Å². The SMILES string of the molecule is ClCc1cnc(C2CCOc3ccccc32)nc1. The van der Waals surface area contributed by atoms with Crippen molar-refractivity contribution in [1.29, 1.82) is 0 Å². The Kier molecular flexibility index (Phi) is 3.15. The van der Waals surface area contributed by atoms with Crippen LogP contribution in [-0.2, 0) is 5.88 Å². The first kappa shape index (κ1) is 11.5. The molecule has 1 atom stereocenters. The monoisotopic (exact) mass is 260 g/mol. The van der Waals surface area contributed by atoms with Crippen LogP contribution < -0.4 is 4.74 Å². The molecule has 0 saturated heterocycles. The van der Waals surface area contributed by atoms with Crippen LogP contribution in [0, 0.1) is 0 Å².